The molecule has 0 radical (unpaired) electrons. The molecule has 0 amide bonds. The highest BCUT2D eigenvalue weighted by Gasteiger charge is 2.28. The van der Waals surface area contributed by atoms with Crippen LogP contribution in [0.3, 0.4) is 0 Å². The molecule has 0 atom stereocenters. The fourth-order valence-electron chi connectivity index (χ4n) is 3.11. The van der Waals surface area contributed by atoms with Crippen molar-refractivity contribution in [2.75, 3.05) is 26.2 Å². The topological polar surface area (TPSA) is 49.9 Å². The molecule has 1 fully saturated rings. The lowest BCUT2D eigenvalue weighted by atomic mass is 10.2. The molecule has 0 unspecified atom stereocenters. The molecule has 146 valence electrons. The van der Waals surface area contributed by atoms with Gasteiger partial charge in [-0.2, -0.15) is 4.31 Å². The Balaban J connectivity index is 1.62. The highest BCUT2D eigenvalue weighted by Crippen LogP contribution is 2.22. The maximum Gasteiger partial charge on any atom is 0.243 e. The van der Waals surface area contributed by atoms with E-state index in [-0.39, 0.29) is 16.8 Å². The third-order valence-corrected chi connectivity index (χ3v) is 6.43. The largest absolute Gasteiger partial charge is 0.491 e. The summed E-state index contributed by atoms with van der Waals surface area (Å²) in [4.78, 5) is 2.34. The van der Waals surface area contributed by atoms with E-state index in [0.29, 0.717) is 44.0 Å². The minimum atomic E-state index is -3.53. The second-order valence-corrected chi connectivity index (χ2v) is 8.85. The lowest BCUT2D eigenvalue weighted by Gasteiger charge is -2.34. The monoisotopic (exact) mass is 392 g/mol. The SMILES string of the molecule is CC(C)Oc1ccc(S(=O)(=O)N2CCN(Cc3ccccc3F)CC2)cc1. The molecule has 3 rings (SSSR count). The van der Waals surface area contributed by atoms with Crippen molar-refractivity contribution in [1.82, 2.24) is 9.21 Å². The number of hydrogen-bond acceptors (Lipinski definition) is 4. The zero-order valence-corrected chi connectivity index (χ0v) is 16.5. The number of halogens is 1. The van der Waals surface area contributed by atoms with Crippen LogP contribution < -0.4 is 4.74 Å². The van der Waals surface area contributed by atoms with Gasteiger partial charge >= 0.3 is 0 Å². The first-order valence-electron chi connectivity index (χ1n) is 9.09. The first kappa shape index (κ1) is 19.8. The summed E-state index contributed by atoms with van der Waals surface area (Å²) in [5.41, 5.74) is 0.634. The molecule has 1 saturated heterocycles. The second-order valence-electron chi connectivity index (χ2n) is 6.91. The Morgan fingerprint density at radius 1 is 1.00 bits per heavy atom. The van der Waals surface area contributed by atoms with E-state index in [4.69, 9.17) is 4.74 Å². The van der Waals surface area contributed by atoms with Gasteiger partial charge in [0.15, 0.2) is 0 Å². The average molecular weight is 392 g/mol. The number of benzene rings is 2. The molecule has 0 spiro atoms. The second kappa shape index (κ2) is 8.37. The summed E-state index contributed by atoms with van der Waals surface area (Å²) >= 11 is 0. The summed E-state index contributed by atoms with van der Waals surface area (Å²) in [5, 5.41) is 0. The molecular formula is C20H25FN2O3S. The molecule has 0 bridgehead atoms. The van der Waals surface area contributed by atoms with E-state index < -0.39 is 10.0 Å². The lowest BCUT2D eigenvalue weighted by molar-refractivity contribution is 0.180. The van der Waals surface area contributed by atoms with E-state index in [1.54, 1.807) is 36.4 Å². The van der Waals surface area contributed by atoms with Crippen LogP contribution in [0.25, 0.3) is 0 Å². The highest BCUT2D eigenvalue weighted by molar-refractivity contribution is 7.89. The zero-order chi connectivity index (χ0) is 19.4. The molecule has 0 N–H and O–H groups in total. The fourth-order valence-corrected chi connectivity index (χ4v) is 4.53. The average Bonchev–Trinajstić information content (AvgIpc) is 2.64. The van der Waals surface area contributed by atoms with Crippen LogP contribution in [0.15, 0.2) is 53.4 Å². The summed E-state index contributed by atoms with van der Waals surface area (Å²) in [6.45, 7) is 6.25. The molecule has 2 aromatic carbocycles. The predicted octanol–water partition coefficient (Wildman–Crippen LogP) is 3.12. The van der Waals surface area contributed by atoms with Crippen LogP contribution in [0.5, 0.6) is 5.75 Å². The van der Waals surface area contributed by atoms with Gasteiger partial charge in [-0.1, -0.05) is 18.2 Å². The number of ether oxygens (including phenoxy) is 1. The number of sulfonamides is 1. The van der Waals surface area contributed by atoms with Crippen molar-refractivity contribution in [2.24, 2.45) is 0 Å². The maximum atomic E-state index is 13.8. The molecule has 1 aliphatic heterocycles. The first-order chi connectivity index (χ1) is 12.9. The number of rotatable bonds is 6. The third-order valence-electron chi connectivity index (χ3n) is 4.52. The van der Waals surface area contributed by atoms with Crippen LogP contribution in [-0.2, 0) is 16.6 Å². The summed E-state index contributed by atoms with van der Waals surface area (Å²) in [6, 6.07) is 13.2. The van der Waals surface area contributed by atoms with Crippen molar-refractivity contribution in [3.63, 3.8) is 0 Å². The number of hydrogen-bond donors (Lipinski definition) is 0. The minimum absolute atomic E-state index is 0.0370. The van der Waals surface area contributed by atoms with E-state index in [2.05, 4.69) is 4.90 Å². The van der Waals surface area contributed by atoms with Gasteiger partial charge < -0.3 is 4.74 Å². The van der Waals surface area contributed by atoms with E-state index in [1.165, 1.54) is 10.4 Å². The normalized spacial score (nSPS) is 16.6. The number of nitrogens with zero attached hydrogens (tertiary/aromatic N) is 2. The Morgan fingerprint density at radius 3 is 2.22 bits per heavy atom. The zero-order valence-electron chi connectivity index (χ0n) is 15.6. The molecule has 7 heteroatoms. The van der Waals surface area contributed by atoms with Crippen LogP contribution in [0, 0.1) is 5.82 Å². The summed E-state index contributed by atoms with van der Waals surface area (Å²) in [7, 11) is -3.53. The molecule has 5 nitrogen and oxygen atoms in total. The fraction of sp³-hybridized carbons (Fsp3) is 0.400. The predicted molar refractivity (Wildman–Crippen MR) is 103 cm³/mol. The maximum absolute atomic E-state index is 13.8. The van der Waals surface area contributed by atoms with Gasteiger partial charge in [0, 0.05) is 38.3 Å². The van der Waals surface area contributed by atoms with Crippen LogP contribution in [-0.4, -0.2) is 49.9 Å². The van der Waals surface area contributed by atoms with Crippen LogP contribution >= 0.6 is 0 Å². The highest BCUT2D eigenvalue weighted by atomic mass is 32.2. The summed E-state index contributed by atoms with van der Waals surface area (Å²) < 4.78 is 46.5. The van der Waals surface area contributed by atoms with Crippen molar-refractivity contribution >= 4 is 10.0 Å². The van der Waals surface area contributed by atoms with Crippen molar-refractivity contribution in [1.29, 1.82) is 0 Å². The molecule has 0 saturated carbocycles. The van der Waals surface area contributed by atoms with Gasteiger partial charge in [-0.05, 0) is 44.2 Å². The smallest absolute Gasteiger partial charge is 0.243 e. The quantitative estimate of drug-likeness (QED) is 0.758. The van der Waals surface area contributed by atoms with Crippen molar-refractivity contribution in [3.05, 3.63) is 59.9 Å². The standard InChI is InChI=1S/C20H25FN2O3S/c1-16(2)26-18-7-9-19(10-8-18)27(24,25)23-13-11-22(12-14-23)15-17-5-3-4-6-20(17)21/h3-10,16H,11-15H2,1-2H3. The van der Waals surface area contributed by atoms with Crippen LogP contribution in [0.4, 0.5) is 4.39 Å². The Bertz CT molecular complexity index is 861. The van der Waals surface area contributed by atoms with E-state index in [9.17, 15) is 12.8 Å². The molecule has 1 heterocycles. The van der Waals surface area contributed by atoms with Crippen molar-refractivity contribution in [3.8, 4) is 5.75 Å². The molecular weight excluding hydrogens is 367 g/mol. The van der Waals surface area contributed by atoms with Gasteiger partial charge in [-0.25, -0.2) is 12.8 Å². The van der Waals surface area contributed by atoms with Crippen LogP contribution in [0.1, 0.15) is 19.4 Å². The molecule has 0 aromatic heterocycles. The lowest BCUT2D eigenvalue weighted by Crippen LogP contribution is -2.48. The molecule has 0 aliphatic carbocycles. The van der Waals surface area contributed by atoms with Gasteiger partial charge in [-0.3, -0.25) is 4.90 Å². The van der Waals surface area contributed by atoms with Gasteiger partial charge in [0.2, 0.25) is 10.0 Å². The molecule has 1 aliphatic rings. The van der Waals surface area contributed by atoms with Gasteiger partial charge in [0.1, 0.15) is 11.6 Å². The van der Waals surface area contributed by atoms with Gasteiger partial charge in [0.05, 0.1) is 11.0 Å². The Hall–Kier alpha value is -1.96. The number of piperazine rings is 1. The van der Waals surface area contributed by atoms with E-state index >= 15 is 0 Å². The van der Waals surface area contributed by atoms with Crippen molar-refractivity contribution in [2.45, 2.75) is 31.4 Å². The Morgan fingerprint density at radius 2 is 1.63 bits per heavy atom. The van der Waals surface area contributed by atoms with Crippen molar-refractivity contribution < 1.29 is 17.5 Å². The minimum Gasteiger partial charge on any atom is -0.491 e. The van der Waals surface area contributed by atoms with E-state index in [1.807, 2.05) is 19.9 Å². The van der Waals surface area contributed by atoms with E-state index in [0.717, 1.165) is 0 Å². The van der Waals surface area contributed by atoms with Gasteiger partial charge in [0.25, 0.3) is 0 Å². The van der Waals surface area contributed by atoms with Gasteiger partial charge in [-0.15, -0.1) is 0 Å². The molecule has 27 heavy (non-hydrogen) atoms. The first-order valence-corrected chi connectivity index (χ1v) is 10.5. The third kappa shape index (κ3) is 4.86. The summed E-state index contributed by atoms with van der Waals surface area (Å²) in [6.07, 6.45) is 0.0370. The Labute approximate surface area is 160 Å². The van der Waals surface area contributed by atoms with Crippen LogP contribution in [0.2, 0.25) is 0 Å². The molecule has 2 aromatic rings. The Kier molecular flexibility index (Phi) is 6.14. The summed E-state index contributed by atoms with van der Waals surface area (Å²) in [5.74, 6) is 0.426.